The van der Waals surface area contributed by atoms with Crippen LogP contribution in [0.15, 0.2) is 41.4 Å². The van der Waals surface area contributed by atoms with Crippen molar-refractivity contribution < 1.29 is 38.9 Å². The highest BCUT2D eigenvalue weighted by Gasteiger charge is 2.26. The van der Waals surface area contributed by atoms with Crippen molar-refractivity contribution in [1.29, 1.82) is 0 Å². The van der Waals surface area contributed by atoms with Crippen molar-refractivity contribution in [2.24, 2.45) is 16.5 Å². The number of carboxylic acids is 2. The number of aryl methyl sites for hydroxylation is 1. The molecule has 184 valence electrons. The van der Waals surface area contributed by atoms with E-state index < -0.39 is 36.3 Å². The molecule has 0 unspecified atom stereocenters. The van der Waals surface area contributed by atoms with Gasteiger partial charge < -0.3 is 36.5 Å². The van der Waals surface area contributed by atoms with Gasteiger partial charge in [-0.1, -0.05) is 6.07 Å². The quantitative estimate of drug-likeness (QED) is 0.164. The molecule has 0 fully saturated rings. The first-order valence-corrected chi connectivity index (χ1v) is 10.6. The number of carboxylic acid groups (broad SMARTS) is 2. The van der Waals surface area contributed by atoms with Crippen molar-refractivity contribution in [2.45, 2.75) is 31.7 Å². The lowest BCUT2D eigenvalue weighted by Crippen LogP contribution is -2.41. The van der Waals surface area contributed by atoms with Gasteiger partial charge in [-0.2, -0.15) is 0 Å². The van der Waals surface area contributed by atoms with Crippen molar-refractivity contribution in [3.63, 3.8) is 0 Å². The van der Waals surface area contributed by atoms with E-state index in [1.165, 1.54) is 24.3 Å². The molecule has 12 nitrogen and oxygen atoms in total. The van der Waals surface area contributed by atoms with Crippen LogP contribution in [-0.2, 0) is 16.0 Å². The number of rotatable bonds is 7. The summed E-state index contributed by atoms with van der Waals surface area (Å²) in [6, 6.07) is 7.63. The van der Waals surface area contributed by atoms with Gasteiger partial charge in [0.15, 0.2) is 17.5 Å². The summed E-state index contributed by atoms with van der Waals surface area (Å²) in [7, 11) is 0. The van der Waals surface area contributed by atoms with E-state index in [-0.39, 0.29) is 36.0 Å². The van der Waals surface area contributed by atoms with Gasteiger partial charge in [-0.05, 0) is 55.2 Å². The summed E-state index contributed by atoms with van der Waals surface area (Å²) in [5.41, 5.74) is 12.2. The van der Waals surface area contributed by atoms with Gasteiger partial charge >= 0.3 is 17.9 Å². The Morgan fingerprint density at radius 3 is 2.60 bits per heavy atom. The fourth-order valence-corrected chi connectivity index (χ4v) is 3.48. The number of ether oxygens (including phenoxy) is 2. The van der Waals surface area contributed by atoms with E-state index in [1.54, 1.807) is 12.1 Å². The number of benzene rings is 2. The van der Waals surface area contributed by atoms with Crippen LogP contribution in [0.3, 0.4) is 0 Å². The molecule has 2 aromatic rings. The molecule has 0 radical (unpaired) electrons. The topological polar surface area (TPSA) is 204 Å². The Morgan fingerprint density at radius 1 is 1.14 bits per heavy atom. The highest BCUT2D eigenvalue weighted by molar-refractivity contribution is 6.00. The maximum atomic E-state index is 12.9. The number of aliphatic imine (C=N–C) groups is 1. The highest BCUT2D eigenvalue weighted by atomic mass is 16.6. The number of guanidine groups is 1. The van der Waals surface area contributed by atoms with Gasteiger partial charge in [0.1, 0.15) is 6.04 Å². The molecule has 0 saturated heterocycles. The Bertz CT molecular complexity index is 1190. The first-order valence-electron chi connectivity index (χ1n) is 10.6. The van der Waals surface area contributed by atoms with Crippen LogP contribution in [0.25, 0.3) is 0 Å². The molecule has 0 aliphatic carbocycles. The van der Waals surface area contributed by atoms with Gasteiger partial charge in [-0.25, -0.2) is 14.6 Å². The highest BCUT2D eigenvalue weighted by Crippen LogP contribution is 2.34. The number of aliphatic carboxylic acids is 2. The van der Waals surface area contributed by atoms with E-state index in [4.69, 9.17) is 26.0 Å². The summed E-state index contributed by atoms with van der Waals surface area (Å²) in [5, 5.41) is 20.4. The molecule has 3 rings (SSSR count). The largest absolute Gasteiger partial charge is 0.489 e. The van der Waals surface area contributed by atoms with Crippen molar-refractivity contribution in [1.82, 2.24) is 5.32 Å². The molecule has 1 amide bonds. The Labute approximate surface area is 199 Å². The van der Waals surface area contributed by atoms with Gasteiger partial charge in [-0.15, -0.1) is 0 Å². The van der Waals surface area contributed by atoms with Crippen LogP contribution in [0.5, 0.6) is 11.5 Å². The predicted octanol–water partition coefficient (Wildman–Crippen LogP) is 1.18. The number of nitrogens with zero attached hydrogens (tertiary/aromatic N) is 1. The number of carbonyl (C=O) groups is 4. The second kappa shape index (κ2) is 11.0. The van der Waals surface area contributed by atoms with Crippen molar-refractivity contribution >= 4 is 35.5 Å². The Kier molecular flexibility index (Phi) is 7.87. The van der Waals surface area contributed by atoms with Crippen LogP contribution in [0.1, 0.15) is 45.5 Å². The molecule has 2 aromatic carbocycles. The lowest BCUT2D eigenvalue weighted by molar-refractivity contribution is -0.140. The Morgan fingerprint density at radius 2 is 1.91 bits per heavy atom. The number of para-hydroxylation sites is 1. The molecular weight excluding hydrogens is 460 g/mol. The zero-order valence-corrected chi connectivity index (χ0v) is 18.5. The normalized spacial score (nSPS) is 13.7. The molecule has 7 N–H and O–H groups in total. The molecule has 0 spiro atoms. The average Bonchev–Trinajstić information content (AvgIpc) is 2.79. The van der Waals surface area contributed by atoms with Gasteiger partial charge in [0, 0.05) is 6.42 Å². The molecule has 1 aliphatic rings. The van der Waals surface area contributed by atoms with Crippen LogP contribution in [0.4, 0.5) is 5.69 Å². The van der Waals surface area contributed by atoms with E-state index in [9.17, 15) is 24.3 Å². The SMILES string of the molecule is NC(N)=Nc1ccc2c(c1)CCCOc1c(cccc1C(=O)N[C@@H](CCC(=O)O)C(=O)O)OC2=O. The summed E-state index contributed by atoms with van der Waals surface area (Å²) in [5.74, 6) is -4.24. The van der Waals surface area contributed by atoms with E-state index in [0.29, 0.717) is 29.7 Å². The number of nitrogens with two attached hydrogens (primary N) is 2. The number of amides is 1. The van der Waals surface area contributed by atoms with Crippen LogP contribution in [0.2, 0.25) is 0 Å². The molecule has 0 bridgehead atoms. The number of hydrogen-bond acceptors (Lipinski definition) is 7. The van der Waals surface area contributed by atoms with Gasteiger partial charge in [0.25, 0.3) is 5.91 Å². The van der Waals surface area contributed by atoms with Crippen molar-refractivity contribution in [3.8, 4) is 11.5 Å². The lowest BCUT2D eigenvalue weighted by atomic mass is 10.0. The molecule has 1 aliphatic heterocycles. The molecule has 35 heavy (non-hydrogen) atoms. The maximum absolute atomic E-state index is 12.9. The van der Waals surface area contributed by atoms with Gasteiger partial charge in [-0.3, -0.25) is 9.59 Å². The zero-order chi connectivity index (χ0) is 25.5. The standard InChI is InChI=1S/C23H24N4O8/c24-23(25)26-13-6-7-14-12(11-13)3-2-10-34-19-15(4-1-5-17(19)35-22(14)33)20(30)27-16(21(31)32)8-9-18(28)29/h1,4-7,11,16H,2-3,8-10H2,(H,27,30)(H,28,29)(H,31,32)(H4,24,25,26)/t16-/m0/s1. The van der Waals surface area contributed by atoms with Crippen LogP contribution >= 0.6 is 0 Å². The second-order valence-corrected chi connectivity index (χ2v) is 7.65. The summed E-state index contributed by atoms with van der Waals surface area (Å²) in [6.07, 6.45) is 0.151. The number of carbonyl (C=O) groups excluding carboxylic acids is 2. The van der Waals surface area contributed by atoms with E-state index >= 15 is 0 Å². The summed E-state index contributed by atoms with van der Waals surface area (Å²) in [4.78, 5) is 52.0. The fourth-order valence-electron chi connectivity index (χ4n) is 3.48. The van der Waals surface area contributed by atoms with Crippen LogP contribution in [0, 0.1) is 0 Å². The number of nitrogens with one attached hydrogen (secondary N) is 1. The molecule has 12 heteroatoms. The molecule has 1 heterocycles. The second-order valence-electron chi connectivity index (χ2n) is 7.65. The fraction of sp³-hybridized carbons (Fsp3) is 0.261. The van der Waals surface area contributed by atoms with Crippen LogP contribution < -0.4 is 26.3 Å². The smallest absolute Gasteiger partial charge is 0.343 e. The number of fused-ring (bicyclic) bond motifs is 2. The summed E-state index contributed by atoms with van der Waals surface area (Å²) >= 11 is 0. The first-order chi connectivity index (χ1) is 16.7. The third-order valence-corrected chi connectivity index (χ3v) is 5.08. The van der Waals surface area contributed by atoms with Gasteiger partial charge in [0.2, 0.25) is 0 Å². The first kappa shape index (κ1) is 25.0. The lowest BCUT2D eigenvalue weighted by Gasteiger charge is -2.19. The van der Waals surface area contributed by atoms with E-state index in [1.807, 2.05) is 0 Å². The minimum absolute atomic E-state index is 0.0266. The molecule has 1 atom stereocenters. The minimum atomic E-state index is -1.43. The van der Waals surface area contributed by atoms with Crippen molar-refractivity contribution in [3.05, 3.63) is 53.1 Å². The number of hydrogen-bond donors (Lipinski definition) is 5. The summed E-state index contributed by atoms with van der Waals surface area (Å²) < 4.78 is 11.3. The predicted molar refractivity (Wildman–Crippen MR) is 123 cm³/mol. The van der Waals surface area contributed by atoms with E-state index in [2.05, 4.69) is 10.3 Å². The Hall–Kier alpha value is -4.61. The van der Waals surface area contributed by atoms with Crippen LogP contribution in [-0.4, -0.2) is 52.6 Å². The van der Waals surface area contributed by atoms with Gasteiger partial charge in [0.05, 0.1) is 23.4 Å². The van der Waals surface area contributed by atoms with E-state index in [0.717, 1.165) is 0 Å². The summed E-state index contributed by atoms with van der Waals surface area (Å²) in [6.45, 7) is 0.155. The molecular formula is C23H24N4O8. The zero-order valence-electron chi connectivity index (χ0n) is 18.5. The third kappa shape index (κ3) is 6.47. The minimum Gasteiger partial charge on any atom is -0.489 e. The third-order valence-electron chi connectivity index (χ3n) is 5.08. The Balaban J connectivity index is 1.90. The molecule has 0 saturated carbocycles. The maximum Gasteiger partial charge on any atom is 0.343 e. The monoisotopic (exact) mass is 484 g/mol. The average molecular weight is 484 g/mol. The number of esters is 1. The molecule has 0 aromatic heterocycles. The van der Waals surface area contributed by atoms with Crippen molar-refractivity contribution in [2.75, 3.05) is 6.61 Å².